The Morgan fingerprint density at radius 2 is 1.87 bits per heavy atom. The lowest BCUT2D eigenvalue weighted by Crippen LogP contribution is -2.46. The molecule has 240 valence electrons. The second kappa shape index (κ2) is 13.4. The van der Waals surface area contributed by atoms with E-state index in [1.165, 1.54) is 22.8 Å². The van der Waals surface area contributed by atoms with Gasteiger partial charge in [0, 0.05) is 51.6 Å². The summed E-state index contributed by atoms with van der Waals surface area (Å²) < 4.78 is 32.7. The molecular weight excluding hydrogens is 573 g/mol. The summed E-state index contributed by atoms with van der Waals surface area (Å²) in [7, 11) is 1.58. The largest absolute Gasteiger partial charge is 0.485 e. The highest BCUT2D eigenvalue weighted by Crippen LogP contribution is 2.40. The predicted molar refractivity (Wildman–Crippen MR) is 171 cm³/mol. The molecule has 0 unspecified atom stereocenters. The molecule has 3 aliphatic rings. The molecule has 6 rings (SSSR count). The van der Waals surface area contributed by atoms with Crippen molar-refractivity contribution in [1.82, 2.24) is 9.88 Å². The molecule has 1 N–H and O–H groups in total. The van der Waals surface area contributed by atoms with Gasteiger partial charge < -0.3 is 24.2 Å². The highest BCUT2D eigenvalue weighted by atomic mass is 19.1. The van der Waals surface area contributed by atoms with Crippen LogP contribution in [0.2, 0.25) is 0 Å². The maximum absolute atomic E-state index is 15.4. The van der Waals surface area contributed by atoms with Crippen molar-refractivity contribution in [2.75, 3.05) is 51.5 Å². The molecule has 1 aromatic heterocycles. The van der Waals surface area contributed by atoms with Crippen LogP contribution in [-0.4, -0.2) is 79.6 Å². The summed E-state index contributed by atoms with van der Waals surface area (Å²) in [6.45, 7) is 8.76. The van der Waals surface area contributed by atoms with E-state index in [2.05, 4.69) is 24.0 Å². The Bertz CT molecular complexity index is 1530. The van der Waals surface area contributed by atoms with Crippen molar-refractivity contribution in [2.24, 2.45) is 5.41 Å². The van der Waals surface area contributed by atoms with Gasteiger partial charge in [-0.1, -0.05) is 24.3 Å². The average molecular weight is 618 g/mol. The first-order valence-electron chi connectivity index (χ1n) is 16.1. The van der Waals surface area contributed by atoms with Gasteiger partial charge in [-0.15, -0.1) is 0 Å². The highest BCUT2D eigenvalue weighted by Gasteiger charge is 2.50. The van der Waals surface area contributed by atoms with Crippen molar-refractivity contribution < 1.29 is 28.5 Å². The van der Waals surface area contributed by atoms with Crippen molar-refractivity contribution in [3.63, 3.8) is 0 Å². The molecule has 0 saturated carbocycles. The number of nitrogens with zero attached hydrogens (tertiary/aromatic N) is 3. The van der Waals surface area contributed by atoms with Gasteiger partial charge in [-0.05, 0) is 92.5 Å². The number of anilines is 1. The number of methoxy groups -OCH3 is 1. The van der Waals surface area contributed by atoms with Crippen LogP contribution < -0.4 is 9.64 Å². The minimum Gasteiger partial charge on any atom is -0.485 e. The third-order valence-corrected chi connectivity index (χ3v) is 10.3. The van der Waals surface area contributed by atoms with E-state index in [4.69, 9.17) is 19.2 Å². The van der Waals surface area contributed by atoms with Gasteiger partial charge >= 0.3 is 5.97 Å². The lowest BCUT2D eigenvalue weighted by Gasteiger charge is -2.33. The van der Waals surface area contributed by atoms with E-state index >= 15 is 4.39 Å². The smallest absolute Gasteiger partial charge is 0.311 e. The molecular formula is C36H44FN3O5. The van der Waals surface area contributed by atoms with Crippen LogP contribution in [0.5, 0.6) is 5.75 Å². The first-order valence-corrected chi connectivity index (χ1v) is 16.1. The van der Waals surface area contributed by atoms with E-state index in [0.717, 1.165) is 57.6 Å². The summed E-state index contributed by atoms with van der Waals surface area (Å²) >= 11 is 0. The molecule has 0 spiro atoms. The van der Waals surface area contributed by atoms with Gasteiger partial charge in [-0.3, -0.25) is 9.69 Å². The number of hydrogen-bond acceptors (Lipinski definition) is 7. The third-order valence-electron chi connectivity index (χ3n) is 10.3. The van der Waals surface area contributed by atoms with Crippen LogP contribution in [-0.2, 0) is 33.7 Å². The molecule has 4 heterocycles. The van der Waals surface area contributed by atoms with Crippen molar-refractivity contribution in [1.29, 1.82) is 0 Å². The van der Waals surface area contributed by atoms with Gasteiger partial charge in [-0.2, -0.15) is 0 Å². The molecule has 2 fully saturated rings. The molecule has 0 amide bonds. The number of carbonyl (C=O) groups is 1. The lowest BCUT2D eigenvalue weighted by atomic mass is 9.83. The van der Waals surface area contributed by atoms with Crippen LogP contribution in [0.15, 0.2) is 48.5 Å². The topological polar surface area (TPSA) is 84.4 Å². The molecule has 0 aliphatic carbocycles. The molecule has 3 aromatic rings. The quantitative estimate of drug-likeness (QED) is 0.329. The number of hydrogen-bond donors (Lipinski definition) is 1. The number of aromatic nitrogens is 1. The monoisotopic (exact) mass is 617 g/mol. The molecule has 2 atom stereocenters. The zero-order chi connectivity index (χ0) is 31.6. The van der Waals surface area contributed by atoms with Crippen LogP contribution in [0.25, 0.3) is 11.3 Å². The standard InChI is InChI=1S/C36H44FN3O5/c1-24-26(11-10-25-12-17-39(18-13-28(24)25)27-14-20-44-21-15-27)22-45-34-29(6-4-7-30(34)37)31-8-5-9-33(38-31)40-19-16-36(2,35(41)42)32(40)23-43-3/h4-11,27,32H,12-23H2,1-3H3,(H,41,42)/t32-,36-/m1/s1. The fourth-order valence-electron chi connectivity index (χ4n) is 7.36. The van der Waals surface area contributed by atoms with Crippen molar-refractivity contribution in [2.45, 2.75) is 64.6 Å². The number of pyridine rings is 1. The van der Waals surface area contributed by atoms with Gasteiger partial charge in [0.05, 0.1) is 23.8 Å². The minimum absolute atomic E-state index is 0.160. The van der Waals surface area contributed by atoms with Gasteiger partial charge in [0.2, 0.25) is 0 Å². The molecule has 2 aromatic carbocycles. The van der Waals surface area contributed by atoms with E-state index in [0.29, 0.717) is 36.1 Å². The number of halogens is 1. The number of rotatable bonds is 9. The number of para-hydroxylation sites is 1. The second-order valence-corrected chi connectivity index (χ2v) is 12.8. The number of benzene rings is 2. The summed E-state index contributed by atoms with van der Waals surface area (Å²) in [5.74, 6) is -0.511. The molecule has 2 saturated heterocycles. The van der Waals surface area contributed by atoms with Crippen LogP contribution in [0.3, 0.4) is 0 Å². The van der Waals surface area contributed by atoms with Crippen molar-refractivity contribution >= 4 is 11.8 Å². The first-order chi connectivity index (χ1) is 21.8. The predicted octanol–water partition coefficient (Wildman–Crippen LogP) is 5.67. The number of carboxylic acid groups (broad SMARTS) is 1. The minimum atomic E-state index is -0.963. The molecule has 8 nitrogen and oxygen atoms in total. The Labute approximate surface area is 265 Å². The summed E-state index contributed by atoms with van der Waals surface area (Å²) in [5.41, 5.74) is 5.21. The SMILES string of the molecule is COC[C@H]1N(c2cccc(-c3cccc(F)c3OCc3ccc4c(c3C)CCN(C3CCOCC3)CC4)n2)CC[C@@]1(C)C(=O)O. The van der Waals surface area contributed by atoms with Crippen LogP contribution in [0, 0.1) is 18.2 Å². The van der Waals surface area contributed by atoms with E-state index in [1.807, 2.05) is 29.2 Å². The maximum atomic E-state index is 15.4. The zero-order valence-corrected chi connectivity index (χ0v) is 26.6. The Hall–Kier alpha value is -3.53. The zero-order valence-electron chi connectivity index (χ0n) is 26.6. The van der Waals surface area contributed by atoms with Crippen LogP contribution >= 0.6 is 0 Å². The Kier molecular flexibility index (Phi) is 9.40. The summed E-state index contributed by atoms with van der Waals surface area (Å²) in [6, 6.07) is 15.0. The number of aliphatic carboxylic acids is 1. The Morgan fingerprint density at radius 1 is 1.09 bits per heavy atom. The number of fused-ring (bicyclic) bond motifs is 1. The van der Waals surface area contributed by atoms with E-state index in [9.17, 15) is 9.90 Å². The maximum Gasteiger partial charge on any atom is 0.311 e. The lowest BCUT2D eigenvalue weighted by molar-refractivity contribution is -0.148. The van der Waals surface area contributed by atoms with Gasteiger partial charge in [0.15, 0.2) is 11.6 Å². The highest BCUT2D eigenvalue weighted by molar-refractivity contribution is 5.77. The molecule has 45 heavy (non-hydrogen) atoms. The summed E-state index contributed by atoms with van der Waals surface area (Å²) in [5, 5.41) is 9.98. The second-order valence-electron chi connectivity index (χ2n) is 12.8. The Morgan fingerprint density at radius 3 is 2.64 bits per heavy atom. The fraction of sp³-hybridized carbons (Fsp3) is 0.500. The van der Waals surface area contributed by atoms with Gasteiger partial charge in [-0.25, -0.2) is 9.37 Å². The average Bonchev–Trinajstić information content (AvgIpc) is 3.24. The van der Waals surface area contributed by atoms with Crippen LogP contribution in [0.1, 0.15) is 48.4 Å². The van der Waals surface area contributed by atoms with Crippen LogP contribution in [0.4, 0.5) is 10.2 Å². The molecule has 0 radical (unpaired) electrons. The van der Waals surface area contributed by atoms with E-state index < -0.39 is 17.2 Å². The first kappa shape index (κ1) is 31.5. The summed E-state index contributed by atoms with van der Waals surface area (Å²) in [6.07, 6.45) is 4.71. The number of carboxylic acids is 1. The van der Waals surface area contributed by atoms with Gasteiger partial charge in [0.25, 0.3) is 0 Å². The molecule has 3 aliphatic heterocycles. The Balaban J connectivity index is 1.22. The van der Waals surface area contributed by atoms with Crippen molar-refractivity contribution in [3.05, 3.63) is 76.6 Å². The van der Waals surface area contributed by atoms with E-state index in [-0.39, 0.29) is 25.0 Å². The molecule has 0 bridgehead atoms. The fourth-order valence-corrected chi connectivity index (χ4v) is 7.36. The molecule has 9 heteroatoms. The van der Waals surface area contributed by atoms with Crippen molar-refractivity contribution in [3.8, 4) is 17.0 Å². The normalized spacial score (nSPS) is 22.7. The number of ether oxygens (including phenoxy) is 3. The van der Waals surface area contributed by atoms with E-state index in [1.54, 1.807) is 20.1 Å². The third kappa shape index (κ3) is 6.30. The van der Waals surface area contributed by atoms with Gasteiger partial charge in [0.1, 0.15) is 12.4 Å². The summed E-state index contributed by atoms with van der Waals surface area (Å²) in [4.78, 5) is 21.7.